The van der Waals surface area contributed by atoms with Crippen molar-refractivity contribution >= 4 is 35.0 Å². The minimum absolute atomic E-state index is 0.115. The van der Waals surface area contributed by atoms with Gasteiger partial charge in [0.1, 0.15) is 5.82 Å². The summed E-state index contributed by atoms with van der Waals surface area (Å²) in [4.78, 5) is 12.1. The lowest BCUT2D eigenvalue weighted by molar-refractivity contribution is -0.113. The third kappa shape index (κ3) is 4.02. The summed E-state index contributed by atoms with van der Waals surface area (Å²) in [6, 6.07) is 7.38. The van der Waals surface area contributed by atoms with Crippen molar-refractivity contribution < 1.29 is 13.6 Å². The van der Waals surface area contributed by atoms with Crippen LogP contribution in [0.2, 0.25) is 5.02 Å². The number of thioether (sulfide) groups is 1. The number of anilines is 1. The molecule has 0 saturated carbocycles. The van der Waals surface area contributed by atoms with Crippen LogP contribution >= 0.6 is 23.4 Å². The first kappa shape index (κ1) is 17.5. The monoisotopic (exact) mass is 380 g/mol. The topological polar surface area (TPSA) is 73.0 Å². The summed E-state index contributed by atoms with van der Waals surface area (Å²) in [7, 11) is 0. The lowest BCUT2D eigenvalue weighted by Crippen LogP contribution is -2.15. The van der Waals surface area contributed by atoms with Crippen molar-refractivity contribution in [3.05, 3.63) is 47.4 Å². The summed E-state index contributed by atoms with van der Waals surface area (Å²) in [6.07, 6.45) is 1.57. The van der Waals surface area contributed by atoms with Gasteiger partial charge in [-0.1, -0.05) is 23.4 Å². The fourth-order valence-electron chi connectivity index (χ4n) is 2.18. The second kappa shape index (κ2) is 7.71. The first-order valence-electron chi connectivity index (χ1n) is 7.43. The number of aromatic nitrogens is 3. The maximum atomic E-state index is 13.0. The average molecular weight is 381 g/mol. The van der Waals surface area contributed by atoms with E-state index in [1.165, 1.54) is 23.9 Å². The molecule has 1 amide bonds. The van der Waals surface area contributed by atoms with E-state index in [0.29, 0.717) is 29.0 Å². The van der Waals surface area contributed by atoms with Crippen LogP contribution in [-0.4, -0.2) is 26.4 Å². The maximum Gasteiger partial charge on any atom is 0.234 e. The second-order valence-corrected chi connectivity index (χ2v) is 6.34. The molecule has 0 radical (unpaired) electrons. The number of nitrogens with zero attached hydrogens (tertiary/aromatic N) is 3. The van der Waals surface area contributed by atoms with Gasteiger partial charge in [0.2, 0.25) is 5.91 Å². The van der Waals surface area contributed by atoms with E-state index in [1.807, 2.05) is 11.5 Å². The number of furan rings is 1. The third-order valence-electron chi connectivity index (χ3n) is 3.31. The van der Waals surface area contributed by atoms with Gasteiger partial charge in [-0.2, -0.15) is 0 Å². The Morgan fingerprint density at radius 1 is 1.40 bits per heavy atom. The Bertz CT molecular complexity index is 882. The zero-order valence-electron chi connectivity index (χ0n) is 13.2. The number of carbonyl (C=O) groups is 1. The van der Waals surface area contributed by atoms with E-state index in [1.54, 1.807) is 18.4 Å². The van der Waals surface area contributed by atoms with Crippen molar-refractivity contribution in [2.45, 2.75) is 18.6 Å². The van der Waals surface area contributed by atoms with Crippen molar-refractivity contribution in [1.82, 2.24) is 14.8 Å². The van der Waals surface area contributed by atoms with Crippen molar-refractivity contribution in [2.24, 2.45) is 0 Å². The molecule has 3 aromatic rings. The highest BCUT2D eigenvalue weighted by molar-refractivity contribution is 7.99. The maximum absolute atomic E-state index is 13.0. The average Bonchev–Trinajstić information content (AvgIpc) is 3.24. The van der Waals surface area contributed by atoms with Crippen molar-refractivity contribution in [3.8, 4) is 11.6 Å². The van der Waals surface area contributed by atoms with Crippen LogP contribution in [0.1, 0.15) is 6.92 Å². The quantitative estimate of drug-likeness (QED) is 0.652. The van der Waals surface area contributed by atoms with Crippen LogP contribution in [0.25, 0.3) is 11.6 Å². The highest BCUT2D eigenvalue weighted by atomic mass is 35.5. The van der Waals surface area contributed by atoms with Gasteiger partial charge >= 0.3 is 0 Å². The first-order valence-corrected chi connectivity index (χ1v) is 8.79. The largest absolute Gasteiger partial charge is 0.461 e. The van der Waals surface area contributed by atoms with Gasteiger partial charge in [0.25, 0.3) is 0 Å². The fourth-order valence-corrected chi connectivity index (χ4v) is 3.19. The van der Waals surface area contributed by atoms with Gasteiger partial charge in [-0.25, -0.2) is 4.39 Å². The van der Waals surface area contributed by atoms with Gasteiger partial charge in [-0.05, 0) is 37.3 Å². The second-order valence-electron chi connectivity index (χ2n) is 4.99. The number of hydrogen-bond acceptors (Lipinski definition) is 5. The molecule has 1 aromatic carbocycles. The van der Waals surface area contributed by atoms with Crippen LogP contribution in [0.15, 0.2) is 46.2 Å². The van der Waals surface area contributed by atoms with Crippen molar-refractivity contribution in [1.29, 1.82) is 0 Å². The zero-order valence-corrected chi connectivity index (χ0v) is 14.8. The highest BCUT2D eigenvalue weighted by Gasteiger charge is 2.16. The lowest BCUT2D eigenvalue weighted by atomic mass is 10.3. The van der Waals surface area contributed by atoms with E-state index in [-0.39, 0.29) is 16.7 Å². The first-order chi connectivity index (χ1) is 12.1. The summed E-state index contributed by atoms with van der Waals surface area (Å²) in [6.45, 7) is 2.59. The SMILES string of the molecule is CCn1c(SCC(=O)Nc2ccc(F)cc2Cl)nnc1-c1ccco1. The molecule has 0 atom stereocenters. The van der Waals surface area contributed by atoms with Crippen LogP contribution < -0.4 is 5.32 Å². The lowest BCUT2D eigenvalue weighted by Gasteiger charge is -2.08. The Morgan fingerprint density at radius 2 is 2.24 bits per heavy atom. The molecule has 3 rings (SSSR count). The molecular weight excluding hydrogens is 367 g/mol. The van der Waals surface area contributed by atoms with Crippen LogP contribution in [0.5, 0.6) is 0 Å². The fraction of sp³-hybridized carbons (Fsp3) is 0.188. The van der Waals surface area contributed by atoms with Crippen molar-refractivity contribution in [3.63, 3.8) is 0 Å². The molecule has 0 aliphatic rings. The van der Waals surface area contributed by atoms with Gasteiger partial charge in [-0.3, -0.25) is 9.36 Å². The van der Waals surface area contributed by atoms with Gasteiger partial charge in [0.05, 0.1) is 22.7 Å². The van der Waals surface area contributed by atoms with E-state index in [9.17, 15) is 9.18 Å². The van der Waals surface area contributed by atoms with Gasteiger partial charge in [0.15, 0.2) is 16.7 Å². The van der Waals surface area contributed by atoms with E-state index in [2.05, 4.69) is 15.5 Å². The number of carbonyl (C=O) groups excluding carboxylic acids is 1. The molecule has 130 valence electrons. The van der Waals surface area contributed by atoms with E-state index < -0.39 is 5.82 Å². The van der Waals surface area contributed by atoms with E-state index in [4.69, 9.17) is 16.0 Å². The standard InChI is InChI=1S/C16H14ClFN4O2S/c1-2-22-15(13-4-3-7-24-13)20-21-16(22)25-9-14(23)19-12-6-5-10(18)8-11(12)17/h3-8H,2,9H2,1H3,(H,19,23). The van der Waals surface area contributed by atoms with Crippen LogP contribution in [0, 0.1) is 5.82 Å². The molecule has 25 heavy (non-hydrogen) atoms. The zero-order chi connectivity index (χ0) is 17.8. The predicted molar refractivity (Wildman–Crippen MR) is 94.2 cm³/mol. The molecule has 1 N–H and O–H groups in total. The summed E-state index contributed by atoms with van der Waals surface area (Å²) in [5.41, 5.74) is 0.363. The molecule has 6 nitrogen and oxygen atoms in total. The number of amides is 1. The Labute approximate surface area is 152 Å². The Hall–Kier alpha value is -2.32. The van der Waals surface area contributed by atoms with Crippen LogP contribution in [-0.2, 0) is 11.3 Å². The summed E-state index contributed by atoms with van der Waals surface area (Å²) < 4.78 is 20.2. The van der Waals surface area contributed by atoms with Gasteiger partial charge in [0, 0.05) is 6.54 Å². The van der Waals surface area contributed by atoms with Crippen LogP contribution in [0.4, 0.5) is 10.1 Å². The van der Waals surface area contributed by atoms with Crippen LogP contribution in [0.3, 0.4) is 0 Å². The minimum Gasteiger partial charge on any atom is -0.461 e. The molecule has 9 heteroatoms. The normalized spacial score (nSPS) is 10.8. The number of rotatable bonds is 6. The molecule has 0 spiro atoms. The van der Waals surface area contributed by atoms with E-state index in [0.717, 1.165) is 6.07 Å². The molecule has 0 unspecified atom stereocenters. The Kier molecular flexibility index (Phi) is 5.40. The Morgan fingerprint density at radius 3 is 2.92 bits per heavy atom. The number of benzene rings is 1. The predicted octanol–water partition coefficient (Wildman–Crippen LogP) is 4.08. The summed E-state index contributed by atoms with van der Waals surface area (Å²) >= 11 is 7.15. The molecule has 0 fully saturated rings. The molecule has 0 bridgehead atoms. The van der Waals surface area contributed by atoms with Gasteiger partial charge < -0.3 is 9.73 Å². The summed E-state index contributed by atoms with van der Waals surface area (Å²) in [5.74, 6) is 0.604. The number of halogens is 2. The molecule has 0 saturated heterocycles. The smallest absolute Gasteiger partial charge is 0.234 e. The molecule has 0 aliphatic carbocycles. The molecule has 0 aliphatic heterocycles. The third-order valence-corrected chi connectivity index (χ3v) is 4.59. The van der Waals surface area contributed by atoms with Gasteiger partial charge in [-0.15, -0.1) is 10.2 Å². The highest BCUT2D eigenvalue weighted by Crippen LogP contribution is 2.25. The molecular formula is C16H14ClFN4O2S. The number of hydrogen-bond donors (Lipinski definition) is 1. The molecule has 2 heterocycles. The Balaban J connectivity index is 1.66. The van der Waals surface area contributed by atoms with E-state index >= 15 is 0 Å². The molecule has 2 aromatic heterocycles. The van der Waals surface area contributed by atoms with Crippen molar-refractivity contribution in [2.75, 3.05) is 11.1 Å². The number of nitrogens with one attached hydrogen (secondary N) is 1. The minimum atomic E-state index is -0.459. The summed E-state index contributed by atoms with van der Waals surface area (Å²) in [5, 5.41) is 11.6.